The number of nitrogens with one attached hydrogen (secondary N) is 1. The first-order chi connectivity index (χ1) is 3.12. The van der Waals surface area contributed by atoms with Gasteiger partial charge in [0.05, 0.1) is 0 Å². The third-order valence-electron chi connectivity index (χ3n) is 0.475. The first-order valence-electron chi connectivity index (χ1n) is 1.67. The molecule has 0 aliphatic rings. The van der Waals surface area contributed by atoms with E-state index in [1.54, 1.807) is 0 Å². The van der Waals surface area contributed by atoms with Crippen molar-refractivity contribution in [2.24, 2.45) is 5.73 Å². The Morgan fingerprint density at radius 2 is 2.14 bits per heavy atom. The molecule has 0 spiro atoms. The summed E-state index contributed by atoms with van der Waals surface area (Å²) in [5.74, 6) is 0.590. The highest BCUT2D eigenvalue weighted by molar-refractivity contribution is 7.79. The van der Waals surface area contributed by atoms with Crippen LogP contribution < -0.4 is 5.73 Å². The second-order valence-corrected chi connectivity index (χ2v) is 3.29. The Kier molecular flexibility index (Phi) is 2.32. The molecule has 0 aliphatic carbocycles. The Balaban J connectivity index is 3.58. The molecule has 42 valence electrons. The second kappa shape index (κ2) is 2.33. The van der Waals surface area contributed by atoms with Crippen LogP contribution in [0.25, 0.3) is 0 Å². The van der Waals surface area contributed by atoms with E-state index in [-0.39, 0.29) is 6.29 Å². The van der Waals surface area contributed by atoms with Gasteiger partial charge in [0.25, 0.3) is 0 Å². The van der Waals surface area contributed by atoms with Crippen molar-refractivity contribution in [3.8, 4) is 0 Å². The Hall–Kier alpha value is -0.0200. The maximum Gasteiger partial charge on any atom is 0.325 e. The lowest BCUT2D eigenvalue weighted by molar-refractivity contribution is 0.470. The lowest BCUT2D eigenvalue weighted by Gasteiger charge is -1.98. The molecular weight excluding hydrogens is 115 g/mol. The average Bonchev–Trinajstić information content (AvgIpc) is 1.68. The van der Waals surface area contributed by atoms with Crippen molar-refractivity contribution < 1.29 is 9.79 Å². The molecule has 4 nitrogen and oxygen atoms in total. The summed E-state index contributed by atoms with van der Waals surface area (Å²) >= 11 is 0. The molecule has 7 heavy (non-hydrogen) atoms. The van der Waals surface area contributed by atoms with Crippen LogP contribution in [-0.2, 0) is 0 Å². The summed E-state index contributed by atoms with van der Waals surface area (Å²) in [6, 6.07) is 0. The normalized spacial score (nSPS) is 11.3. The van der Waals surface area contributed by atoms with Crippen LogP contribution in [0.1, 0.15) is 0 Å². The number of rotatable bonds is 2. The Morgan fingerprint density at radius 3 is 2.14 bits per heavy atom. The van der Waals surface area contributed by atoms with Crippen LogP contribution in [0.2, 0.25) is 0 Å². The minimum Gasteiger partial charge on any atom is -0.294 e. The van der Waals surface area contributed by atoms with E-state index >= 15 is 0 Å². The van der Waals surface area contributed by atoms with E-state index in [0.29, 0.717) is 5.96 Å². The van der Waals surface area contributed by atoms with Gasteiger partial charge in [-0.15, -0.1) is 0 Å². The summed E-state index contributed by atoms with van der Waals surface area (Å²) < 4.78 is 0. The van der Waals surface area contributed by atoms with E-state index in [9.17, 15) is 0 Å². The van der Waals surface area contributed by atoms with Gasteiger partial charge in [0.1, 0.15) is 0 Å². The van der Waals surface area contributed by atoms with Crippen LogP contribution in [0.15, 0.2) is 0 Å². The molecule has 0 bridgehead atoms. The molecule has 0 atom stereocenters. The molecule has 0 aromatic carbocycles. The average molecular weight is 123 g/mol. The van der Waals surface area contributed by atoms with Crippen LogP contribution in [-0.4, -0.2) is 22.0 Å². The predicted molar refractivity (Wildman–Crippen MR) is 29.2 cm³/mol. The first kappa shape index (κ1) is 6.98. The van der Waals surface area contributed by atoms with E-state index in [4.69, 9.17) is 20.9 Å². The Morgan fingerprint density at radius 1 is 1.71 bits per heavy atom. The van der Waals surface area contributed by atoms with Crippen LogP contribution in [0.3, 0.4) is 0 Å². The SMILES string of the molecule is N=C[P+](O)(O)CN. The molecule has 0 amide bonds. The number of hydrogen-bond acceptors (Lipinski definition) is 4. The zero-order valence-corrected chi connectivity index (χ0v) is 4.60. The Labute approximate surface area is 42.0 Å². The van der Waals surface area contributed by atoms with Gasteiger partial charge in [-0.3, -0.25) is 11.1 Å². The van der Waals surface area contributed by atoms with E-state index in [1.807, 2.05) is 0 Å². The van der Waals surface area contributed by atoms with Crippen LogP contribution in [0, 0.1) is 5.41 Å². The zero-order valence-electron chi connectivity index (χ0n) is 3.70. The van der Waals surface area contributed by atoms with Gasteiger partial charge in [0.2, 0.25) is 0 Å². The monoisotopic (exact) mass is 123 g/mol. The molecule has 5 N–H and O–H groups in total. The van der Waals surface area contributed by atoms with Gasteiger partial charge in [-0.2, -0.15) is 0 Å². The largest absolute Gasteiger partial charge is 0.325 e. The highest BCUT2D eigenvalue weighted by Gasteiger charge is 2.26. The summed E-state index contributed by atoms with van der Waals surface area (Å²) in [6.45, 7) is 0. The van der Waals surface area contributed by atoms with Gasteiger partial charge in [-0.25, -0.2) is 9.79 Å². The molecule has 5 heteroatoms. The minimum atomic E-state index is -3.08. The fourth-order valence-corrected chi connectivity index (χ4v) is 0.158. The van der Waals surface area contributed by atoms with Gasteiger partial charge >= 0.3 is 7.72 Å². The predicted octanol–water partition coefficient (Wildman–Crippen LogP) is -0.658. The van der Waals surface area contributed by atoms with Crippen molar-refractivity contribution >= 4 is 13.7 Å². The molecule has 0 radical (unpaired) electrons. The van der Waals surface area contributed by atoms with Crippen molar-refractivity contribution in [1.29, 1.82) is 5.41 Å². The molecule has 0 aromatic heterocycles. The quantitative estimate of drug-likeness (QED) is 0.290. The van der Waals surface area contributed by atoms with E-state index in [0.717, 1.165) is 0 Å². The second-order valence-electron chi connectivity index (χ2n) is 1.10. The highest BCUT2D eigenvalue weighted by Crippen LogP contribution is 2.43. The maximum absolute atomic E-state index is 8.43. The van der Waals surface area contributed by atoms with Gasteiger partial charge in [0.15, 0.2) is 12.2 Å². The van der Waals surface area contributed by atoms with Crippen LogP contribution in [0.5, 0.6) is 0 Å². The number of hydrogen-bond donors (Lipinski definition) is 4. The molecule has 0 aliphatic heterocycles. The summed E-state index contributed by atoms with van der Waals surface area (Å²) in [6.07, 6.45) is -0.226. The summed E-state index contributed by atoms with van der Waals surface area (Å²) in [5.41, 5.74) is 4.81. The van der Waals surface area contributed by atoms with Gasteiger partial charge in [0, 0.05) is 0 Å². The molecule has 0 rings (SSSR count). The van der Waals surface area contributed by atoms with Gasteiger partial charge in [-0.05, 0) is 0 Å². The van der Waals surface area contributed by atoms with Gasteiger partial charge in [-0.1, -0.05) is 0 Å². The fourth-order valence-electron chi connectivity index (χ4n) is 0.0527. The molecule has 0 unspecified atom stereocenters. The van der Waals surface area contributed by atoms with Crippen LogP contribution >= 0.6 is 7.72 Å². The Bertz CT molecular complexity index is 74.1. The van der Waals surface area contributed by atoms with Gasteiger partial charge < -0.3 is 0 Å². The zero-order chi connectivity index (χ0) is 5.91. The number of nitrogens with two attached hydrogens (primary N) is 1. The van der Waals surface area contributed by atoms with Crippen molar-refractivity contribution in [3.05, 3.63) is 0 Å². The molecule has 0 heterocycles. The van der Waals surface area contributed by atoms with Crippen molar-refractivity contribution in [1.82, 2.24) is 0 Å². The van der Waals surface area contributed by atoms with E-state index in [2.05, 4.69) is 0 Å². The lowest BCUT2D eigenvalue weighted by Crippen LogP contribution is -2.05. The molecule has 0 aromatic rings. The standard InChI is InChI=1S/C2H8N2O2P/c3-1-7(5,6)2-4/h1,3,5-6H,2,4H2/q+1. The third-order valence-corrected chi connectivity index (χ3v) is 1.43. The highest BCUT2D eigenvalue weighted by atomic mass is 31.2. The summed E-state index contributed by atoms with van der Waals surface area (Å²) in [4.78, 5) is 16.9. The maximum atomic E-state index is 8.43. The first-order valence-corrected chi connectivity index (χ1v) is 3.62. The lowest BCUT2D eigenvalue weighted by atomic mass is 11.5. The molecule has 0 saturated heterocycles. The van der Waals surface area contributed by atoms with E-state index in [1.165, 1.54) is 0 Å². The molecule has 0 saturated carbocycles. The van der Waals surface area contributed by atoms with E-state index < -0.39 is 7.72 Å². The molecule has 0 fully saturated rings. The third kappa shape index (κ3) is 2.65. The van der Waals surface area contributed by atoms with Crippen molar-refractivity contribution in [2.45, 2.75) is 0 Å². The smallest absolute Gasteiger partial charge is 0.294 e. The van der Waals surface area contributed by atoms with Crippen molar-refractivity contribution in [2.75, 3.05) is 6.29 Å². The van der Waals surface area contributed by atoms with Crippen LogP contribution in [0.4, 0.5) is 0 Å². The topological polar surface area (TPSA) is 90.3 Å². The molecular formula is C2H8N2O2P+. The summed E-state index contributed by atoms with van der Waals surface area (Å²) in [7, 11) is -3.08. The summed E-state index contributed by atoms with van der Waals surface area (Å²) in [5, 5.41) is 6.35. The fraction of sp³-hybridized carbons (Fsp3) is 0.500. The van der Waals surface area contributed by atoms with Crippen molar-refractivity contribution in [3.63, 3.8) is 0 Å². The minimum absolute atomic E-state index is 0.226.